The number of hydrogen-bond donors (Lipinski definition) is 0. The third kappa shape index (κ3) is 4.65. The van der Waals surface area contributed by atoms with Crippen LogP contribution in [0.2, 0.25) is 10.0 Å². The van der Waals surface area contributed by atoms with Gasteiger partial charge in [0.2, 0.25) is 5.79 Å². The summed E-state index contributed by atoms with van der Waals surface area (Å²) in [6.45, 7) is 3.73. The fourth-order valence-electron chi connectivity index (χ4n) is 2.36. The van der Waals surface area contributed by atoms with Crippen molar-refractivity contribution in [2.45, 2.75) is 19.6 Å². The Morgan fingerprint density at radius 2 is 1.76 bits per heavy atom. The van der Waals surface area contributed by atoms with Crippen LogP contribution in [0.1, 0.15) is 19.4 Å². The SMILES string of the molecule is CC1(C)OC(=CC=Nc2ccc(Cl)cc2Cl)C=C(c2ccccc2)O1. The molecule has 0 bridgehead atoms. The first-order valence-electron chi connectivity index (χ1n) is 7.77. The molecule has 0 saturated carbocycles. The molecule has 25 heavy (non-hydrogen) atoms. The lowest BCUT2D eigenvalue weighted by Crippen LogP contribution is -2.30. The van der Waals surface area contributed by atoms with E-state index in [1.807, 2.05) is 50.3 Å². The van der Waals surface area contributed by atoms with E-state index in [9.17, 15) is 0 Å². The van der Waals surface area contributed by atoms with E-state index in [-0.39, 0.29) is 0 Å². The zero-order chi connectivity index (χ0) is 17.9. The highest BCUT2D eigenvalue weighted by Gasteiger charge is 2.28. The second-order valence-electron chi connectivity index (χ2n) is 5.92. The van der Waals surface area contributed by atoms with Gasteiger partial charge in [0.05, 0.1) is 10.7 Å². The van der Waals surface area contributed by atoms with Crippen LogP contribution in [0.15, 0.2) is 71.4 Å². The fraction of sp³-hybridized carbons (Fsp3) is 0.150. The summed E-state index contributed by atoms with van der Waals surface area (Å²) in [5, 5.41) is 1.07. The lowest BCUT2D eigenvalue weighted by atomic mass is 10.1. The van der Waals surface area contributed by atoms with Crippen LogP contribution in [0, 0.1) is 0 Å². The van der Waals surface area contributed by atoms with Crippen molar-refractivity contribution < 1.29 is 9.47 Å². The van der Waals surface area contributed by atoms with E-state index in [1.165, 1.54) is 0 Å². The predicted octanol–water partition coefficient (Wildman–Crippen LogP) is 6.40. The minimum atomic E-state index is -0.766. The van der Waals surface area contributed by atoms with Crippen LogP contribution in [0.25, 0.3) is 5.76 Å². The van der Waals surface area contributed by atoms with Crippen LogP contribution >= 0.6 is 23.2 Å². The molecule has 0 radical (unpaired) electrons. The first-order valence-corrected chi connectivity index (χ1v) is 8.53. The highest BCUT2D eigenvalue weighted by Crippen LogP contribution is 2.32. The van der Waals surface area contributed by atoms with Gasteiger partial charge >= 0.3 is 0 Å². The van der Waals surface area contributed by atoms with E-state index in [0.29, 0.717) is 21.5 Å². The van der Waals surface area contributed by atoms with Gasteiger partial charge in [-0.15, -0.1) is 0 Å². The van der Waals surface area contributed by atoms with Crippen molar-refractivity contribution in [1.29, 1.82) is 0 Å². The minimum Gasteiger partial charge on any atom is -0.453 e. The molecule has 1 heterocycles. The average Bonchev–Trinajstić information content (AvgIpc) is 2.56. The van der Waals surface area contributed by atoms with Crippen molar-refractivity contribution in [3.63, 3.8) is 0 Å². The molecule has 0 N–H and O–H groups in total. The maximum atomic E-state index is 6.12. The van der Waals surface area contributed by atoms with Crippen molar-refractivity contribution in [3.05, 3.63) is 82.1 Å². The molecule has 128 valence electrons. The van der Waals surface area contributed by atoms with Crippen LogP contribution in [0.4, 0.5) is 5.69 Å². The van der Waals surface area contributed by atoms with E-state index >= 15 is 0 Å². The standard InChI is InChI=1S/C20H17Cl2NO2/c1-20(2)24-16(13-19(25-20)14-6-4-3-5-7-14)10-11-23-18-9-8-15(21)12-17(18)22/h3-13H,1-2H3. The summed E-state index contributed by atoms with van der Waals surface area (Å²) in [6, 6.07) is 15.1. The molecule has 0 atom stereocenters. The summed E-state index contributed by atoms with van der Waals surface area (Å²) in [5.74, 6) is 0.641. The van der Waals surface area contributed by atoms with Crippen LogP contribution in [-0.4, -0.2) is 12.0 Å². The molecular weight excluding hydrogens is 357 g/mol. The van der Waals surface area contributed by atoms with Gasteiger partial charge < -0.3 is 9.47 Å². The lowest BCUT2D eigenvalue weighted by molar-refractivity contribution is -0.149. The molecule has 0 aliphatic carbocycles. The highest BCUT2D eigenvalue weighted by atomic mass is 35.5. The average molecular weight is 374 g/mol. The number of allylic oxidation sites excluding steroid dienone is 2. The largest absolute Gasteiger partial charge is 0.453 e. The van der Waals surface area contributed by atoms with Crippen LogP contribution in [0.3, 0.4) is 0 Å². The molecule has 0 amide bonds. The summed E-state index contributed by atoms with van der Waals surface area (Å²) in [5.41, 5.74) is 1.63. The second kappa shape index (κ2) is 7.34. The molecule has 2 aromatic carbocycles. The molecule has 1 aliphatic rings. The molecule has 0 saturated heterocycles. The minimum absolute atomic E-state index is 0.496. The Hall–Kier alpha value is -2.23. The van der Waals surface area contributed by atoms with E-state index < -0.39 is 5.79 Å². The summed E-state index contributed by atoms with van der Waals surface area (Å²) >= 11 is 12.0. The Balaban J connectivity index is 1.86. The van der Waals surface area contributed by atoms with E-state index in [1.54, 1.807) is 30.5 Å². The second-order valence-corrected chi connectivity index (χ2v) is 6.77. The van der Waals surface area contributed by atoms with Gasteiger partial charge in [-0.1, -0.05) is 53.5 Å². The van der Waals surface area contributed by atoms with Gasteiger partial charge in [0.15, 0.2) is 0 Å². The molecule has 0 fully saturated rings. The van der Waals surface area contributed by atoms with Crippen LogP contribution in [-0.2, 0) is 9.47 Å². The first kappa shape index (κ1) is 17.6. The van der Waals surface area contributed by atoms with E-state index in [4.69, 9.17) is 32.7 Å². The number of aliphatic imine (C=N–C) groups is 1. The van der Waals surface area contributed by atoms with E-state index in [0.717, 1.165) is 11.3 Å². The van der Waals surface area contributed by atoms with Crippen LogP contribution in [0.5, 0.6) is 0 Å². The number of ether oxygens (including phenoxy) is 2. The zero-order valence-electron chi connectivity index (χ0n) is 13.9. The molecular formula is C20H17Cl2NO2. The molecule has 2 aromatic rings. The van der Waals surface area contributed by atoms with Gasteiger partial charge in [-0.3, -0.25) is 4.99 Å². The quantitative estimate of drug-likeness (QED) is 0.582. The maximum absolute atomic E-state index is 6.12. The monoisotopic (exact) mass is 373 g/mol. The van der Waals surface area contributed by atoms with Gasteiger partial charge in [-0.2, -0.15) is 0 Å². The summed E-state index contributed by atoms with van der Waals surface area (Å²) in [6.07, 6.45) is 5.26. The molecule has 3 rings (SSSR count). The van der Waals surface area contributed by atoms with Gasteiger partial charge in [0, 0.05) is 36.7 Å². The molecule has 5 heteroatoms. The van der Waals surface area contributed by atoms with Crippen molar-refractivity contribution in [1.82, 2.24) is 0 Å². The topological polar surface area (TPSA) is 30.8 Å². The van der Waals surface area contributed by atoms with Gasteiger partial charge in [-0.25, -0.2) is 0 Å². The van der Waals surface area contributed by atoms with Crippen molar-refractivity contribution in [2.75, 3.05) is 0 Å². The molecule has 0 unspecified atom stereocenters. The number of benzene rings is 2. The molecule has 0 spiro atoms. The molecule has 3 nitrogen and oxygen atoms in total. The zero-order valence-corrected chi connectivity index (χ0v) is 15.4. The number of rotatable bonds is 3. The summed E-state index contributed by atoms with van der Waals surface area (Å²) in [7, 11) is 0. The Kier molecular flexibility index (Phi) is 5.16. The van der Waals surface area contributed by atoms with Gasteiger partial charge in [-0.05, 0) is 24.3 Å². The lowest BCUT2D eigenvalue weighted by Gasteiger charge is -2.33. The van der Waals surface area contributed by atoms with Gasteiger partial charge in [0.25, 0.3) is 0 Å². The fourth-order valence-corrected chi connectivity index (χ4v) is 2.82. The third-order valence-corrected chi connectivity index (χ3v) is 3.95. The normalized spacial score (nSPS) is 17.9. The molecule has 1 aliphatic heterocycles. The smallest absolute Gasteiger partial charge is 0.245 e. The highest BCUT2D eigenvalue weighted by molar-refractivity contribution is 6.36. The predicted molar refractivity (Wildman–Crippen MR) is 103 cm³/mol. The van der Waals surface area contributed by atoms with Crippen LogP contribution < -0.4 is 0 Å². The summed E-state index contributed by atoms with van der Waals surface area (Å²) < 4.78 is 11.7. The molecule has 0 aromatic heterocycles. The number of halogens is 2. The number of hydrogen-bond acceptors (Lipinski definition) is 3. The Morgan fingerprint density at radius 3 is 2.48 bits per heavy atom. The summed E-state index contributed by atoms with van der Waals surface area (Å²) in [4.78, 5) is 4.34. The van der Waals surface area contributed by atoms with Gasteiger partial charge in [0.1, 0.15) is 11.5 Å². The Bertz CT molecular complexity index is 855. The Morgan fingerprint density at radius 1 is 1.00 bits per heavy atom. The van der Waals surface area contributed by atoms with Crippen molar-refractivity contribution in [3.8, 4) is 0 Å². The third-order valence-electron chi connectivity index (χ3n) is 3.41. The first-order chi connectivity index (χ1) is 11.9. The van der Waals surface area contributed by atoms with Crippen molar-refractivity contribution in [2.24, 2.45) is 4.99 Å². The van der Waals surface area contributed by atoms with E-state index in [2.05, 4.69) is 4.99 Å². The Labute approximate surface area is 157 Å². The maximum Gasteiger partial charge on any atom is 0.245 e. The van der Waals surface area contributed by atoms with Crippen molar-refractivity contribution >= 4 is 40.9 Å². The number of nitrogens with zero attached hydrogens (tertiary/aromatic N) is 1.